The third-order valence-electron chi connectivity index (χ3n) is 2.91. The van der Waals surface area contributed by atoms with Crippen molar-refractivity contribution in [3.05, 3.63) is 35.9 Å². The highest BCUT2D eigenvalue weighted by atomic mass is 32.2. The highest BCUT2D eigenvalue weighted by Gasteiger charge is 2.17. The number of rotatable bonds is 7. The highest BCUT2D eigenvalue weighted by Crippen LogP contribution is 2.17. The molecule has 1 aliphatic rings. The van der Waals surface area contributed by atoms with Gasteiger partial charge in [-0.3, -0.25) is 0 Å². The lowest BCUT2D eigenvalue weighted by Crippen LogP contribution is -2.42. The molecule has 1 saturated heterocycles. The molecule has 0 spiro atoms. The molecular formula is C14H21NOS. The van der Waals surface area contributed by atoms with Crippen LogP contribution in [-0.4, -0.2) is 30.7 Å². The summed E-state index contributed by atoms with van der Waals surface area (Å²) in [5.74, 6) is 3.14. The molecule has 3 heteroatoms. The minimum atomic E-state index is 0.587. The number of benzene rings is 1. The fourth-order valence-corrected chi connectivity index (χ4v) is 2.44. The number of hydrogen-bond acceptors (Lipinski definition) is 3. The number of hydrogen-bond donors (Lipinski definition) is 1. The smallest absolute Gasteiger partial charge is 0.0717 e. The second kappa shape index (κ2) is 7.04. The van der Waals surface area contributed by atoms with E-state index in [9.17, 15) is 0 Å². The largest absolute Gasteiger partial charge is 0.376 e. The van der Waals surface area contributed by atoms with Gasteiger partial charge in [0.25, 0.3) is 0 Å². The zero-order valence-electron chi connectivity index (χ0n) is 10.4. The fourth-order valence-electron chi connectivity index (χ4n) is 1.73. The average molecular weight is 251 g/mol. The van der Waals surface area contributed by atoms with E-state index in [0.717, 1.165) is 25.8 Å². The molecule has 2 rings (SSSR count). The molecule has 0 aromatic heterocycles. The zero-order chi connectivity index (χ0) is 11.9. The van der Waals surface area contributed by atoms with Gasteiger partial charge in [-0.1, -0.05) is 37.3 Å². The lowest BCUT2D eigenvalue weighted by Gasteiger charge is -2.27. The van der Waals surface area contributed by atoms with Crippen LogP contribution in [-0.2, 0) is 11.3 Å². The minimum absolute atomic E-state index is 0.587. The van der Waals surface area contributed by atoms with Crippen LogP contribution in [0.15, 0.2) is 30.3 Å². The van der Waals surface area contributed by atoms with Crippen molar-refractivity contribution in [3.8, 4) is 0 Å². The molecule has 1 fully saturated rings. The molecule has 17 heavy (non-hydrogen) atoms. The van der Waals surface area contributed by atoms with Gasteiger partial charge in [-0.05, 0) is 11.5 Å². The van der Waals surface area contributed by atoms with Crippen molar-refractivity contribution in [2.24, 2.45) is 5.92 Å². The molecule has 94 valence electrons. The molecule has 0 bridgehead atoms. The fraction of sp³-hybridized carbons (Fsp3) is 0.571. The van der Waals surface area contributed by atoms with Crippen LogP contribution in [0.5, 0.6) is 0 Å². The standard InChI is InChI=1S/C14H21NOS/c1-12(7-15-14-10-17-11-14)8-16-9-13-5-3-2-4-6-13/h2-6,12,14-15H,7-11H2,1H3. The van der Waals surface area contributed by atoms with E-state index in [1.807, 2.05) is 17.8 Å². The Morgan fingerprint density at radius 1 is 1.35 bits per heavy atom. The Morgan fingerprint density at radius 3 is 2.76 bits per heavy atom. The summed E-state index contributed by atoms with van der Waals surface area (Å²) in [6.45, 7) is 4.87. The Kier molecular flexibility index (Phi) is 5.36. The molecule has 0 amide bonds. The first-order valence-corrected chi connectivity index (χ1v) is 7.43. The Bertz CT molecular complexity index is 313. The van der Waals surface area contributed by atoms with E-state index in [0.29, 0.717) is 5.92 Å². The van der Waals surface area contributed by atoms with Crippen molar-refractivity contribution in [2.45, 2.75) is 19.6 Å². The second-order valence-electron chi connectivity index (χ2n) is 4.75. The van der Waals surface area contributed by atoms with Crippen LogP contribution in [0, 0.1) is 5.92 Å². The van der Waals surface area contributed by atoms with Crippen LogP contribution in [0.2, 0.25) is 0 Å². The Morgan fingerprint density at radius 2 is 2.12 bits per heavy atom. The molecule has 1 unspecified atom stereocenters. The summed E-state index contributed by atoms with van der Waals surface area (Å²) >= 11 is 2.02. The Balaban J connectivity index is 1.54. The lowest BCUT2D eigenvalue weighted by atomic mass is 10.2. The van der Waals surface area contributed by atoms with Crippen LogP contribution in [0.25, 0.3) is 0 Å². The van der Waals surface area contributed by atoms with Crippen molar-refractivity contribution in [2.75, 3.05) is 24.7 Å². The highest BCUT2D eigenvalue weighted by molar-refractivity contribution is 8.00. The molecule has 1 atom stereocenters. The van der Waals surface area contributed by atoms with Crippen molar-refractivity contribution < 1.29 is 4.74 Å². The summed E-state index contributed by atoms with van der Waals surface area (Å²) in [4.78, 5) is 0. The quantitative estimate of drug-likeness (QED) is 0.804. The van der Waals surface area contributed by atoms with Crippen LogP contribution >= 0.6 is 11.8 Å². The first-order chi connectivity index (χ1) is 8.34. The second-order valence-corrected chi connectivity index (χ2v) is 5.82. The summed E-state index contributed by atoms with van der Waals surface area (Å²) < 4.78 is 5.72. The third kappa shape index (κ3) is 4.70. The molecule has 1 aliphatic heterocycles. The van der Waals surface area contributed by atoms with Crippen molar-refractivity contribution in [1.82, 2.24) is 5.32 Å². The molecule has 1 aromatic carbocycles. The molecular weight excluding hydrogens is 230 g/mol. The SMILES string of the molecule is CC(CNC1CSC1)COCc1ccccc1. The van der Waals surface area contributed by atoms with Crippen LogP contribution in [0.1, 0.15) is 12.5 Å². The summed E-state index contributed by atoms with van der Waals surface area (Å²) in [5.41, 5.74) is 1.25. The van der Waals surface area contributed by atoms with Gasteiger partial charge >= 0.3 is 0 Å². The van der Waals surface area contributed by atoms with Gasteiger partial charge in [-0.25, -0.2) is 0 Å². The molecule has 0 radical (unpaired) electrons. The minimum Gasteiger partial charge on any atom is -0.376 e. The van der Waals surface area contributed by atoms with Gasteiger partial charge in [-0.2, -0.15) is 11.8 Å². The third-order valence-corrected chi connectivity index (χ3v) is 4.18. The first-order valence-electron chi connectivity index (χ1n) is 6.27. The van der Waals surface area contributed by atoms with Crippen molar-refractivity contribution in [3.63, 3.8) is 0 Å². The Hall–Kier alpha value is -0.510. The predicted molar refractivity (Wildman–Crippen MR) is 74.4 cm³/mol. The van der Waals surface area contributed by atoms with Gasteiger partial charge in [0.05, 0.1) is 13.2 Å². The normalized spacial score (nSPS) is 17.7. The van der Waals surface area contributed by atoms with E-state index in [1.54, 1.807) is 0 Å². The molecule has 1 aromatic rings. The van der Waals surface area contributed by atoms with Gasteiger partial charge in [0.1, 0.15) is 0 Å². The number of ether oxygens (including phenoxy) is 1. The van der Waals surface area contributed by atoms with Crippen molar-refractivity contribution >= 4 is 11.8 Å². The van der Waals surface area contributed by atoms with Gasteiger partial charge in [0, 0.05) is 24.1 Å². The van der Waals surface area contributed by atoms with E-state index in [4.69, 9.17) is 4.74 Å². The monoisotopic (exact) mass is 251 g/mol. The van der Waals surface area contributed by atoms with Gasteiger partial charge in [0.2, 0.25) is 0 Å². The predicted octanol–water partition coefficient (Wildman–Crippen LogP) is 2.54. The maximum Gasteiger partial charge on any atom is 0.0717 e. The maximum atomic E-state index is 5.72. The summed E-state index contributed by atoms with van der Waals surface area (Å²) in [7, 11) is 0. The van der Waals surface area contributed by atoms with Gasteiger partial charge < -0.3 is 10.1 Å². The number of thioether (sulfide) groups is 1. The number of nitrogens with one attached hydrogen (secondary N) is 1. The zero-order valence-corrected chi connectivity index (χ0v) is 11.2. The van der Waals surface area contributed by atoms with Gasteiger partial charge in [-0.15, -0.1) is 0 Å². The van der Waals surface area contributed by atoms with Crippen LogP contribution in [0.4, 0.5) is 0 Å². The van der Waals surface area contributed by atoms with E-state index in [1.165, 1.54) is 17.1 Å². The summed E-state index contributed by atoms with van der Waals surface area (Å²) in [6, 6.07) is 11.1. The maximum absolute atomic E-state index is 5.72. The molecule has 1 heterocycles. The van der Waals surface area contributed by atoms with Crippen LogP contribution in [0.3, 0.4) is 0 Å². The van der Waals surface area contributed by atoms with E-state index in [2.05, 4.69) is 36.5 Å². The van der Waals surface area contributed by atoms with Crippen LogP contribution < -0.4 is 5.32 Å². The van der Waals surface area contributed by atoms with E-state index >= 15 is 0 Å². The molecule has 0 saturated carbocycles. The molecule has 1 N–H and O–H groups in total. The van der Waals surface area contributed by atoms with E-state index in [-0.39, 0.29) is 0 Å². The average Bonchev–Trinajstić information content (AvgIpc) is 2.28. The van der Waals surface area contributed by atoms with E-state index < -0.39 is 0 Å². The van der Waals surface area contributed by atoms with Crippen molar-refractivity contribution in [1.29, 1.82) is 0 Å². The summed E-state index contributed by atoms with van der Waals surface area (Å²) in [5, 5.41) is 3.57. The summed E-state index contributed by atoms with van der Waals surface area (Å²) in [6.07, 6.45) is 0. The lowest BCUT2D eigenvalue weighted by molar-refractivity contribution is 0.0912. The van der Waals surface area contributed by atoms with Gasteiger partial charge in [0.15, 0.2) is 0 Å². The molecule has 0 aliphatic carbocycles. The molecule has 2 nitrogen and oxygen atoms in total. The Labute approximate surface area is 108 Å². The topological polar surface area (TPSA) is 21.3 Å². The first kappa shape index (κ1) is 12.9.